The first kappa shape index (κ1) is 14.2. The van der Waals surface area contributed by atoms with E-state index in [2.05, 4.69) is 0 Å². The largest absolute Gasteiger partial charge is 0.481 e. The van der Waals surface area contributed by atoms with E-state index in [4.69, 9.17) is 10.2 Å². The maximum absolute atomic E-state index is 11.7. The van der Waals surface area contributed by atoms with Crippen molar-refractivity contribution in [1.82, 2.24) is 9.80 Å². The number of aliphatic hydroxyl groups excluding tert-OH is 2. The Kier molecular flexibility index (Phi) is 4.45. The smallest absolute Gasteiger partial charge is 0.324 e. The number of carboxylic acid groups (broad SMARTS) is 2. The molecule has 0 radical (unpaired) electrons. The number of rotatable bonds is 6. The van der Waals surface area contributed by atoms with Gasteiger partial charge in [0.25, 0.3) is 0 Å². The number of aliphatic carboxylic acids is 2. The fourth-order valence-corrected chi connectivity index (χ4v) is 1.60. The van der Waals surface area contributed by atoms with Crippen LogP contribution in [0, 0.1) is 0 Å². The molecule has 1 heterocycles. The van der Waals surface area contributed by atoms with Crippen LogP contribution in [0.15, 0.2) is 0 Å². The molecule has 0 spiro atoms. The average molecular weight is 262 g/mol. The van der Waals surface area contributed by atoms with Crippen LogP contribution < -0.4 is 0 Å². The lowest BCUT2D eigenvalue weighted by molar-refractivity contribution is -0.139. The molecule has 0 aliphatic carbocycles. The first-order valence-electron chi connectivity index (χ1n) is 5.21. The van der Waals surface area contributed by atoms with Gasteiger partial charge in [-0.15, -0.1) is 0 Å². The molecule has 2 atom stereocenters. The van der Waals surface area contributed by atoms with E-state index in [0.717, 1.165) is 9.80 Å². The topological polar surface area (TPSA) is 139 Å². The Morgan fingerprint density at radius 1 is 0.944 bits per heavy atom. The second-order valence-corrected chi connectivity index (χ2v) is 3.78. The van der Waals surface area contributed by atoms with Crippen molar-refractivity contribution >= 4 is 18.0 Å². The number of hydrogen-bond donors (Lipinski definition) is 4. The molecule has 1 rings (SSSR count). The van der Waals surface area contributed by atoms with Crippen molar-refractivity contribution in [1.29, 1.82) is 0 Å². The molecular formula is C9H14N2O7. The van der Waals surface area contributed by atoms with Crippen molar-refractivity contribution in [2.75, 3.05) is 13.1 Å². The lowest BCUT2D eigenvalue weighted by atomic mass is 10.3. The Hall–Kier alpha value is -1.87. The number of carboxylic acids is 2. The van der Waals surface area contributed by atoms with Gasteiger partial charge in [-0.3, -0.25) is 19.4 Å². The van der Waals surface area contributed by atoms with Crippen LogP contribution in [-0.4, -0.2) is 73.7 Å². The zero-order chi connectivity index (χ0) is 13.9. The van der Waals surface area contributed by atoms with Gasteiger partial charge in [-0.05, 0) is 0 Å². The van der Waals surface area contributed by atoms with Crippen LogP contribution in [0.3, 0.4) is 0 Å². The molecule has 2 amide bonds. The Labute approximate surface area is 102 Å². The second kappa shape index (κ2) is 5.65. The van der Waals surface area contributed by atoms with E-state index in [1.165, 1.54) is 0 Å². The Morgan fingerprint density at radius 3 is 1.56 bits per heavy atom. The molecule has 9 nitrogen and oxygen atoms in total. The van der Waals surface area contributed by atoms with Gasteiger partial charge in [0.1, 0.15) is 0 Å². The molecule has 102 valence electrons. The summed E-state index contributed by atoms with van der Waals surface area (Å²) < 4.78 is 0. The summed E-state index contributed by atoms with van der Waals surface area (Å²) in [7, 11) is 0. The number of urea groups is 1. The van der Waals surface area contributed by atoms with Crippen molar-refractivity contribution in [3.05, 3.63) is 0 Å². The third kappa shape index (κ3) is 3.08. The lowest BCUT2D eigenvalue weighted by Gasteiger charge is -2.17. The molecule has 2 unspecified atom stereocenters. The number of nitrogens with zero attached hydrogens (tertiary/aromatic N) is 2. The van der Waals surface area contributed by atoms with Crippen molar-refractivity contribution in [3.63, 3.8) is 0 Å². The van der Waals surface area contributed by atoms with E-state index in [0.29, 0.717) is 0 Å². The van der Waals surface area contributed by atoms with E-state index < -0.39 is 30.4 Å². The molecule has 1 aliphatic heterocycles. The monoisotopic (exact) mass is 262 g/mol. The minimum Gasteiger partial charge on any atom is -0.481 e. The van der Waals surface area contributed by atoms with E-state index in [9.17, 15) is 24.6 Å². The quantitative estimate of drug-likeness (QED) is 0.448. The summed E-state index contributed by atoms with van der Waals surface area (Å²) in [6.45, 7) is -0.508. The van der Waals surface area contributed by atoms with E-state index in [1.807, 2.05) is 0 Å². The summed E-state index contributed by atoms with van der Waals surface area (Å²) in [5.74, 6) is -2.29. The highest BCUT2D eigenvalue weighted by atomic mass is 16.4. The predicted octanol–water partition coefficient (Wildman–Crippen LogP) is -1.69. The number of carbonyl (C=O) groups excluding carboxylic acids is 1. The van der Waals surface area contributed by atoms with Crippen molar-refractivity contribution in [3.8, 4) is 0 Å². The van der Waals surface area contributed by atoms with Crippen LogP contribution in [0.5, 0.6) is 0 Å². The Morgan fingerprint density at radius 2 is 1.28 bits per heavy atom. The fraction of sp³-hybridized carbons (Fsp3) is 0.667. The number of aliphatic hydroxyl groups is 2. The van der Waals surface area contributed by atoms with E-state index >= 15 is 0 Å². The summed E-state index contributed by atoms with van der Waals surface area (Å²) in [6.07, 6.45) is -3.85. The maximum Gasteiger partial charge on any atom is 0.324 e. The van der Waals surface area contributed by atoms with Gasteiger partial charge < -0.3 is 20.4 Å². The molecule has 0 aromatic heterocycles. The van der Waals surface area contributed by atoms with Gasteiger partial charge in [0.15, 0.2) is 12.5 Å². The summed E-state index contributed by atoms with van der Waals surface area (Å²) in [6, 6.07) is -0.780. The number of amides is 2. The molecule has 0 aromatic rings. The summed E-state index contributed by atoms with van der Waals surface area (Å²) >= 11 is 0. The van der Waals surface area contributed by atoms with Gasteiger partial charge in [-0.2, -0.15) is 0 Å². The summed E-state index contributed by atoms with van der Waals surface area (Å²) in [4.78, 5) is 34.0. The molecule has 0 bridgehead atoms. The molecule has 18 heavy (non-hydrogen) atoms. The molecule has 9 heteroatoms. The van der Waals surface area contributed by atoms with Crippen LogP contribution in [0.25, 0.3) is 0 Å². The molecular weight excluding hydrogens is 248 g/mol. The van der Waals surface area contributed by atoms with Crippen molar-refractivity contribution in [2.45, 2.75) is 25.3 Å². The third-order valence-corrected chi connectivity index (χ3v) is 2.53. The second-order valence-electron chi connectivity index (χ2n) is 3.78. The van der Waals surface area contributed by atoms with Crippen molar-refractivity contribution < 1.29 is 34.8 Å². The average Bonchev–Trinajstić information content (AvgIpc) is 2.46. The molecule has 0 saturated carbocycles. The Bertz CT molecular complexity index is 327. The van der Waals surface area contributed by atoms with Crippen LogP contribution in [0.2, 0.25) is 0 Å². The van der Waals surface area contributed by atoms with Crippen LogP contribution in [0.1, 0.15) is 12.8 Å². The third-order valence-electron chi connectivity index (χ3n) is 2.53. The van der Waals surface area contributed by atoms with Gasteiger partial charge in [-0.25, -0.2) is 4.79 Å². The highest BCUT2D eigenvalue weighted by Gasteiger charge is 2.43. The SMILES string of the molecule is O=C(O)CCN1C(=O)N(CCC(=O)O)C(O)C1O. The van der Waals surface area contributed by atoms with Crippen LogP contribution >= 0.6 is 0 Å². The van der Waals surface area contributed by atoms with E-state index in [-0.39, 0.29) is 25.9 Å². The predicted molar refractivity (Wildman–Crippen MR) is 55.3 cm³/mol. The normalized spacial score (nSPS) is 23.6. The Balaban J connectivity index is 2.64. The van der Waals surface area contributed by atoms with Gasteiger partial charge in [-0.1, -0.05) is 0 Å². The highest BCUT2D eigenvalue weighted by molar-refractivity contribution is 5.78. The summed E-state index contributed by atoms with van der Waals surface area (Å²) in [5.41, 5.74) is 0. The zero-order valence-electron chi connectivity index (χ0n) is 9.39. The molecule has 0 aromatic carbocycles. The molecule has 1 fully saturated rings. The van der Waals surface area contributed by atoms with E-state index in [1.54, 1.807) is 0 Å². The molecule has 1 saturated heterocycles. The standard InChI is InChI=1S/C9H14N2O7/c12-5(13)1-3-10-7(16)8(17)11(9(10)18)4-2-6(14)15/h7-8,16-17H,1-4H2,(H,12,13)(H,14,15). The lowest BCUT2D eigenvalue weighted by Crippen LogP contribution is -2.38. The fourth-order valence-electron chi connectivity index (χ4n) is 1.60. The number of hydrogen-bond acceptors (Lipinski definition) is 5. The zero-order valence-corrected chi connectivity index (χ0v) is 9.39. The molecule has 4 N–H and O–H groups in total. The summed E-state index contributed by atoms with van der Waals surface area (Å²) in [5, 5.41) is 36.1. The van der Waals surface area contributed by atoms with Crippen LogP contribution in [-0.2, 0) is 9.59 Å². The minimum absolute atomic E-state index is 0.254. The van der Waals surface area contributed by atoms with Gasteiger partial charge in [0.05, 0.1) is 12.8 Å². The molecule has 1 aliphatic rings. The van der Waals surface area contributed by atoms with Gasteiger partial charge in [0.2, 0.25) is 0 Å². The van der Waals surface area contributed by atoms with Crippen molar-refractivity contribution in [2.24, 2.45) is 0 Å². The van der Waals surface area contributed by atoms with Gasteiger partial charge in [0, 0.05) is 13.1 Å². The highest BCUT2D eigenvalue weighted by Crippen LogP contribution is 2.20. The minimum atomic E-state index is -1.55. The first-order chi connectivity index (χ1) is 8.34. The van der Waals surface area contributed by atoms with Gasteiger partial charge >= 0.3 is 18.0 Å². The van der Waals surface area contributed by atoms with Crippen LogP contribution in [0.4, 0.5) is 4.79 Å². The number of carbonyl (C=O) groups is 3. The maximum atomic E-state index is 11.7. The first-order valence-corrected chi connectivity index (χ1v) is 5.21.